The van der Waals surface area contributed by atoms with Gasteiger partial charge in [-0.3, -0.25) is 10.1 Å². The third-order valence-electron chi connectivity index (χ3n) is 3.65. The van der Waals surface area contributed by atoms with Crippen molar-refractivity contribution in [3.05, 3.63) is 75.3 Å². The zero-order valence-corrected chi connectivity index (χ0v) is 14.0. The standard InChI is InChI=1S/C18H22N4O2/c1-3-19-18(20-12-15-9-5-4-8-14(15)2)21-13-16-10-6-7-11-17(16)22(23)24/h4-11H,3,12-13H2,1-2H3,(H2,19,20,21). The Hall–Kier alpha value is -2.89. The number of para-hydroxylation sites is 1. The van der Waals surface area contributed by atoms with Gasteiger partial charge in [-0.1, -0.05) is 42.5 Å². The summed E-state index contributed by atoms with van der Waals surface area (Å²) in [5.41, 5.74) is 3.08. The van der Waals surface area contributed by atoms with E-state index in [1.165, 1.54) is 11.6 Å². The van der Waals surface area contributed by atoms with Crippen molar-refractivity contribution in [3.63, 3.8) is 0 Å². The van der Waals surface area contributed by atoms with Gasteiger partial charge in [0.25, 0.3) is 5.69 Å². The molecule has 0 bridgehead atoms. The minimum atomic E-state index is -0.367. The fourth-order valence-corrected chi connectivity index (χ4v) is 2.31. The van der Waals surface area contributed by atoms with E-state index in [-0.39, 0.29) is 10.6 Å². The molecule has 0 saturated carbocycles. The van der Waals surface area contributed by atoms with Crippen molar-refractivity contribution in [1.29, 1.82) is 0 Å². The highest BCUT2D eigenvalue weighted by atomic mass is 16.6. The minimum absolute atomic E-state index is 0.111. The summed E-state index contributed by atoms with van der Waals surface area (Å²) >= 11 is 0. The van der Waals surface area contributed by atoms with Gasteiger partial charge in [0, 0.05) is 24.7 Å². The highest BCUT2D eigenvalue weighted by molar-refractivity contribution is 5.79. The van der Waals surface area contributed by atoms with Crippen molar-refractivity contribution in [3.8, 4) is 0 Å². The molecule has 6 nitrogen and oxygen atoms in total. The number of nitrogens with one attached hydrogen (secondary N) is 2. The smallest absolute Gasteiger partial charge is 0.274 e. The first-order valence-electron chi connectivity index (χ1n) is 7.90. The summed E-state index contributed by atoms with van der Waals surface area (Å²) in [4.78, 5) is 15.3. The Morgan fingerprint density at radius 1 is 1.08 bits per heavy atom. The van der Waals surface area contributed by atoms with E-state index in [4.69, 9.17) is 0 Å². The number of hydrogen-bond donors (Lipinski definition) is 2. The second kappa shape index (κ2) is 8.67. The molecule has 6 heteroatoms. The molecule has 0 radical (unpaired) electrons. The summed E-state index contributed by atoms with van der Waals surface area (Å²) in [5, 5.41) is 17.4. The molecule has 2 N–H and O–H groups in total. The normalized spacial score (nSPS) is 11.2. The summed E-state index contributed by atoms with van der Waals surface area (Å²) in [7, 11) is 0. The lowest BCUT2D eigenvalue weighted by molar-refractivity contribution is -0.385. The third kappa shape index (κ3) is 4.81. The molecule has 0 unspecified atom stereocenters. The summed E-state index contributed by atoms with van der Waals surface area (Å²) < 4.78 is 0. The average molecular weight is 326 g/mol. The van der Waals surface area contributed by atoms with Crippen molar-refractivity contribution < 1.29 is 4.92 Å². The number of nitro benzene ring substituents is 1. The number of nitro groups is 1. The van der Waals surface area contributed by atoms with Gasteiger partial charge in [0.2, 0.25) is 0 Å². The molecule has 0 spiro atoms. The quantitative estimate of drug-likeness (QED) is 0.370. The van der Waals surface area contributed by atoms with Crippen LogP contribution in [0.5, 0.6) is 0 Å². The third-order valence-corrected chi connectivity index (χ3v) is 3.65. The first kappa shape index (κ1) is 17.5. The van der Waals surface area contributed by atoms with Gasteiger partial charge < -0.3 is 10.6 Å². The molecule has 0 saturated heterocycles. The Balaban J connectivity index is 2.08. The van der Waals surface area contributed by atoms with Gasteiger partial charge in [0.05, 0.1) is 11.5 Å². The highest BCUT2D eigenvalue weighted by Crippen LogP contribution is 2.17. The van der Waals surface area contributed by atoms with Crippen LogP contribution >= 0.6 is 0 Å². The van der Waals surface area contributed by atoms with E-state index in [9.17, 15) is 10.1 Å². The van der Waals surface area contributed by atoms with Gasteiger partial charge in [0.1, 0.15) is 0 Å². The molecule has 0 aliphatic heterocycles. The monoisotopic (exact) mass is 326 g/mol. The second-order valence-corrected chi connectivity index (χ2v) is 5.36. The van der Waals surface area contributed by atoms with Crippen LogP contribution in [0.15, 0.2) is 53.5 Å². The van der Waals surface area contributed by atoms with Crippen LogP contribution in [0.2, 0.25) is 0 Å². The maximum Gasteiger partial charge on any atom is 0.274 e. The zero-order chi connectivity index (χ0) is 17.4. The van der Waals surface area contributed by atoms with E-state index < -0.39 is 0 Å². The van der Waals surface area contributed by atoms with E-state index in [1.54, 1.807) is 18.2 Å². The van der Waals surface area contributed by atoms with Crippen LogP contribution in [0.25, 0.3) is 0 Å². The SMILES string of the molecule is CCNC(=NCc1ccccc1C)NCc1ccccc1[N+](=O)[O-]. The number of rotatable bonds is 6. The molecule has 2 aromatic rings. The molecule has 0 heterocycles. The van der Waals surface area contributed by atoms with Crippen LogP contribution < -0.4 is 10.6 Å². The molecule has 24 heavy (non-hydrogen) atoms. The van der Waals surface area contributed by atoms with Crippen LogP contribution in [-0.2, 0) is 13.1 Å². The molecule has 0 aromatic heterocycles. The number of hydrogen-bond acceptors (Lipinski definition) is 3. The molecule has 0 aliphatic rings. The zero-order valence-electron chi connectivity index (χ0n) is 14.0. The maximum absolute atomic E-state index is 11.1. The Kier molecular flexibility index (Phi) is 6.31. The van der Waals surface area contributed by atoms with Crippen LogP contribution in [0, 0.1) is 17.0 Å². The van der Waals surface area contributed by atoms with Gasteiger partial charge in [-0.2, -0.15) is 0 Å². The predicted octanol–water partition coefficient (Wildman–Crippen LogP) is 3.16. The number of benzene rings is 2. The molecule has 0 amide bonds. The summed E-state index contributed by atoms with van der Waals surface area (Å²) in [6, 6.07) is 14.8. The molecular weight excluding hydrogens is 304 g/mol. The molecular formula is C18H22N4O2. The molecule has 2 rings (SSSR count). The van der Waals surface area contributed by atoms with E-state index in [0.717, 1.165) is 12.1 Å². The summed E-state index contributed by atoms with van der Waals surface area (Å²) in [6.07, 6.45) is 0. The highest BCUT2D eigenvalue weighted by Gasteiger charge is 2.12. The van der Waals surface area contributed by atoms with Gasteiger partial charge in [0.15, 0.2) is 5.96 Å². The predicted molar refractivity (Wildman–Crippen MR) is 95.9 cm³/mol. The van der Waals surface area contributed by atoms with Crippen molar-refractivity contribution in [2.24, 2.45) is 4.99 Å². The average Bonchev–Trinajstić information content (AvgIpc) is 2.58. The van der Waals surface area contributed by atoms with Crippen molar-refractivity contribution >= 4 is 11.6 Å². The van der Waals surface area contributed by atoms with Crippen LogP contribution in [-0.4, -0.2) is 17.4 Å². The van der Waals surface area contributed by atoms with E-state index in [1.807, 2.05) is 25.1 Å². The maximum atomic E-state index is 11.1. The Morgan fingerprint density at radius 3 is 2.42 bits per heavy atom. The lowest BCUT2D eigenvalue weighted by atomic mass is 10.1. The number of guanidine groups is 1. The molecule has 126 valence electrons. The van der Waals surface area contributed by atoms with Crippen LogP contribution in [0.4, 0.5) is 5.69 Å². The Bertz CT molecular complexity index is 728. The van der Waals surface area contributed by atoms with E-state index >= 15 is 0 Å². The van der Waals surface area contributed by atoms with Crippen molar-refractivity contribution in [2.75, 3.05) is 6.54 Å². The number of nitrogens with zero attached hydrogens (tertiary/aromatic N) is 2. The minimum Gasteiger partial charge on any atom is -0.357 e. The Morgan fingerprint density at radius 2 is 1.75 bits per heavy atom. The van der Waals surface area contributed by atoms with Crippen LogP contribution in [0.3, 0.4) is 0 Å². The first-order chi connectivity index (χ1) is 11.6. The van der Waals surface area contributed by atoms with E-state index in [2.05, 4.69) is 28.6 Å². The molecule has 2 aromatic carbocycles. The second-order valence-electron chi connectivity index (χ2n) is 5.36. The topological polar surface area (TPSA) is 79.6 Å². The summed E-state index contributed by atoms with van der Waals surface area (Å²) in [5.74, 6) is 0.638. The van der Waals surface area contributed by atoms with Gasteiger partial charge in [-0.15, -0.1) is 0 Å². The fraction of sp³-hybridized carbons (Fsp3) is 0.278. The van der Waals surface area contributed by atoms with Gasteiger partial charge >= 0.3 is 0 Å². The van der Waals surface area contributed by atoms with Gasteiger partial charge in [-0.05, 0) is 25.0 Å². The Labute approximate surface area is 141 Å². The molecule has 0 fully saturated rings. The number of aryl methyl sites for hydroxylation is 1. The van der Waals surface area contributed by atoms with Crippen molar-refractivity contribution in [2.45, 2.75) is 26.9 Å². The molecule has 0 atom stereocenters. The fourth-order valence-electron chi connectivity index (χ4n) is 2.31. The lowest BCUT2D eigenvalue weighted by Crippen LogP contribution is -2.36. The largest absolute Gasteiger partial charge is 0.357 e. The first-order valence-corrected chi connectivity index (χ1v) is 7.90. The van der Waals surface area contributed by atoms with Gasteiger partial charge in [-0.25, -0.2) is 4.99 Å². The summed E-state index contributed by atoms with van der Waals surface area (Å²) in [6.45, 7) is 5.65. The van der Waals surface area contributed by atoms with Crippen LogP contribution in [0.1, 0.15) is 23.6 Å². The van der Waals surface area contributed by atoms with E-state index in [0.29, 0.717) is 24.6 Å². The lowest BCUT2D eigenvalue weighted by Gasteiger charge is -2.12. The van der Waals surface area contributed by atoms with Crippen molar-refractivity contribution in [1.82, 2.24) is 10.6 Å². The number of aliphatic imine (C=N–C) groups is 1. The molecule has 0 aliphatic carbocycles.